The molecule has 1 fully saturated rings. The van der Waals surface area contributed by atoms with Gasteiger partial charge in [-0.15, -0.1) is 5.10 Å². The number of nitrogens with one attached hydrogen (secondary N) is 1. The fourth-order valence-corrected chi connectivity index (χ4v) is 2.14. The Hall–Kier alpha value is -1.67. The van der Waals surface area contributed by atoms with Crippen molar-refractivity contribution in [2.45, 2.75) is 26.3 Å². The molecule has 1 unspecified atom stereocenters. The SMILES string of the molecule is CNC1CCN(c2nnc(C)c(C)c2C#N)C1. The molecule has 1 aromatic heterocycles. The van der Waals surface area contributed by atoms with Crippen molar-refractivity contribution in [1.29, 1.82) is 5.26 Å². The summed E-state index contributed by atoms with van der Waals surface area (Å²) >= 11 is 0. The zero-order valence-corrected chi connectivity index (χ0v) is 10.5. The van der Waals surface area contributed by atoms with Gasteiger partial charge in [-0.2, -0.15) is 10.4 Å². The molecule has 5 heteroatoms. The van der Waals surface area contributed by atoms with Gasteiger partial charge < -0.3 is 10.2 Å². The third kappa shape index (κ3) is 2.08. The first-order valence-corrected chi connectivity index (χ1v) is 5.83. The van der Waals surface area contributed by atoms with Crippen molar-refractivity contribution in [2.24, 2.45) is 0 Å². The van der Waals surface area contributed by atoms with Gasteiger partial charge in [-0.25, -0.2) is 0 Å². The Morgan fingerprint density at radius 1 is 1.41 bits per heavy atom. The average molecular weight is 231 g/mol. The fourth-order valence-electron chi connectivity index (χ4n) is 2.14. The Labute approximate surface area is 101 Å². The van der Waals surface area contributed by atoms with Crippen molar-refractivity contribution >= 4 is 5.82 Å². The van der Waals surface area contributed by atoms with Gasteiger partial charge in [-0.1, -0.05) is 0 Å². The van der Waals surface area contributed by atoms with E-state index in [1.165, 1.54) is 0 Å². The molecule has 0 spiro atoms. The molecule has 1 atom stereocenters. The van der Waals surface area contributed by atoms with Crippen molar-refractivity contribution in [2.75, 3.05) is 25.0 Å². The zero-order chi connectivity index (χ0) is 12.4. The Bertz CT molecular complexity index is 463. The molecule has 0 amide bonds. The standard InChI is InChI=1S/C12H17N5/c1-8-9(2)15-16-12(11(8)6-13)17-5-4-10(7-17)14-3/h10,14H,4-5,7H2,1-3H3. The average Bonchev–Trinajstić information content (AvgIpc) is 2.81. The van der Waals surface area contributed by atoms with Crippen LogP contribution in [0.25, 0.3) is 0 Å². The topological polar surface area (TPSA) is 64.8 Å². The van der Waals surface area contributed by atoms with Crippen molar-refractivity contribution < 1.29 is 0 Å². The van der Waals surface area contributed by atoms with Gasteiger partial charge in [0.15, 0.2) is 5.82 Å². The Morgan fingerprint density at radius 2 is 2.18 bits per heavy atom. The summed E-state index contributed by atoms with van der Waals surface area (Å²) in [5, 5.41) is 20.8. The summed E-state index contributed by atoms with van der Waals surface area (Å²) in [6, 6.07) is 2.73. The highest BCUT2D eigenvalue weighted by Gasteiger charge is 2.25. The smallest absolute Gasteiger partial charge is 0.169 e. The second-order valence-corrected chi connectivity index (χ2v) is 4.44. The highest BCUT2D eigenvalue weighted by molar-refractivity contribution is 5.58. The summed E-state index contributed by atoms with van der Waals surface area (Å²) in [5.41, 5.74) is 2.43. The molecule has 1 aliphatic heterocycles. The number of aryl methyl sites for hydroxylation is 1. The molecule has 0 radical (unpaired) electrons. The molecule has 1 N–H and O–H groups in total. The highest BCUT2D eigenvalue weighted by atomic mass is 15.3. The van der Waals surface area contributed by atoms with Gasteiger partial charge in [0.05, 0.1) is 5.69 Å². The van der Waals surface area contributed by atoms with Crippen molar-refractivity contribution in [3.8, 4) is 6.07 Å². The molecule has 0 aromatic carbocycles. The lowest BCUT2D eigenvalue weighted by atomic mass is 10.1. The molecule has 1 aromatic rings. The predicted molar refractivity (Wildman–Crippen MR) is 65.9 cm³/mol. The van der Waals surface area contributed by atoms with E-state index < -0.39 is 0 Å². The maximum atomic E-state index is 9.25. The molecular formula is C12H17N5. The number of likely N-dealkylation sites (N-methyl/N-ethyl adjacent to an activating group) is 1. The lowest BCUT2D eigenvalue weighted by molar-refractivity contribution is 0.616. The van der Waals surface area contributed by atoms with Crippen molar-refractivity contribution in [1.82, 2.24) is 15.5 Å². The van der Waals surface area contributed by atoms with Crippen LogP contribution in [0, 0.1) is 25.2 Å². The molecule has 0 saturated carbocycles. The number of anilines is 1. The highest BCUT2D eigenvalue weighted by Crippen LogP contribution is 2.24. The maximum absolute atomic E-state index is 9.25. The third-order valence-electron chi connectivity index (χ3n) is 3.44. The predicted octanol–water partition coefficient (Wildman–Crippen LogP) is 0.763. The summed E-state index contributed by atoms with van der Waals surface area (Å²) in [7, 11) is 1.96. The summed E-state index contributed by atoms with van der Waals surface area (Å²) < 4.78 is 0. The fraction of sp³-hybridized carbons (Fsp3) is 0.583. The number of rotatable bonds is 2. The van der Waals surface area contributed by atoms with Crippen LogP contribution in [0.15, 0.2) is 0 Å². The lowest BCUT2D eigenvalue weighted by Crippen LogP contribution is -2.30. The van der Waals surface area contributed by atoms with E-state index in [9.17, 15) is 5.26 Å². The molecule has 90 valence electrons. The molecule has 1 saturated heterocycles. The molecule has 2 rings (SSSR count). The van der Waals surface area contributed by atoms with Crippen LogP contribution in [0.4, 0.5) is 5.82 Å². The van der Waals surface area contributed by atoms with Gasteiger partial charge in [0, 0.05) is 19.1 Å². The van der Waals surface area contributed by atoms with E-state index in [4.69, 9.17) is 0 Å². The first kappa shape index (κ1) is 11.8. The first-order valence-electron chi connectivity index (χ1n) is 5.83. The van der Waals surface area contributed by atoms with Crippen LogP contribution in [0.2, 0.25) is 0 Å². The minimum Gasteiger partial charge on any atom is -0.352 e. The minimum absolute atomic E-state index is 0.477. The van der Waals surface area contributed by atoms with Crippen molar-refractivity contribution in [3.05, 3.63) is 16.8 Å². The quantitative estimate of drug-likeness (QED) is 0.814. The van der Waals surface area contributed by atoms with Crippen LogP contribution in [0.3, 0.4) is 0 Å². The van der Waals surface area contributed by atoms with Crippen molar-refractivity contribution in [3.63, 3.8) is 0 Å². The second-order valence-electron chi connectivity index (χ2n) is 4.44. The van der Waals surface area contributed by atoms with E-state index in [0.29, 0.717) is 11.6 Å². The van der Waals surface area contributed by atoms with Crippen LogP contribution in [0.5, 0.6) is 0 Å². The number of hydrogen-bond donors (Lipinski definition) is 1. The number of aromatic nitrogens is 2. The van der Waals surface area contributed by atoms with Gasteiger partial charge in [0.25, 0.3) is 0 Å². The summed E-state index contributed by atoms with van der Waals surface area (Å²) in [6.07, 6.45) is 1.08. The normalized spacial score (nSPS) is 19.4. The monoisotopic (exact) mass is 231 g/mol. The van der Waals surface area contributed by atoms with Crippen LogP contribution in [0.1, 0.15) is 23.2 Å². The van der Waals surface area contributed by atoms with E-state index in [2.05, 4.69) is 26.5 Å². The van der Waals surface area contributed by atoms with Crippen LogP contribution in [-0.2, 0) is 0 Å². The van der Waals surface area contributed by atoms with E-state index in [-0.39, 0.29) is 0 Å². The van der Waals surface area contributed by atoms with Crippen LogP contribution in [-0.4, -0.2) is 36.4 Å². The first-order chi connectivity index (χ1) is 8.17. The maximum Gasteiger partial charge on any atom is 0.169 e. The third-order valence-corrected chi connectivity index (χ3v) is 3.44. The van der Waals surface area contributed by atoms with Gasteiger partial charge in [0.1, 0.15) is 11.6 Å². The van der Waals surface area contributed by atoms with Crippen LogP contribution >= 0.6 is 0 Å². The molecule has 17 heavy (non-hydrogen) atoms. The van der Waals surface area contributed by atoms with E-state index in [1.54, 1.807) is 0 Å². The Kier molecular flexibility index (Phi) is 3.25. The Morgan fingerprint density at radius 3 is 2.76 bits per heavy atom. The summed E-state index contributed by atoms with van der Waals surface area (Å²) in [5.74, 6) is 0.730. The largest absolute Gasteiger partial charge is 0.352 e. The number of nitriles is 1. The molecule has 2 heterocycles. The van der Waals surface area contributed by atoms with Gasteiger partial charge in [-0.05, 0) is 32.9 Å². The lowest BCUT2D eigenvalue weighted by Gasteiger charge is -2.19. The summed E-state index contributed by atoms with van der Waals surface area (Å²) in [6.45, 7) is 5.63. The van der Waals surface area contributed by atoms with Gasteiger partial charge in [0.2, 0.25) is 0 Å². The van der Waals surface area contributed by atoms with Crippen LogP contribution < -0.4 is 10.2 Å². The molecule has 0 aliphatic carbocycles. The Balaban J connectivity index is 2.34. The second kappa shape index (κ2) is 4.68. The molecule has 1 aliphatic rings. The van der Waals surface area contributed by atoms with E-state index in [0.717, 1.165) is 36.6 Å². The molecule has 0 bridgehead atoms. The van der Waals surface area contributed by atoms with E-state index in [1.807, 2.05) is 20.9 Å². The molecule has 5 nitrogen and oxygen atoms in total. The number of hydrogen-bond acceptors (Lipinski definition) is 5. The minimum atomic E-state index is 0.477. The van der Waals surface area contributed by atoms with Gasteiger partial charge >= 0.3 is 0 Å². The van der Waals surface area contributed by atoms with E-state index >= 15 is 0 Å². The van der Waals surface area contributed by atoms with Gasteiger partial charge in [-0.3, -0.25) is 0 Å². The zero-order valence-electron chi connectivity index (χ0n) is 10.5. The molecular weight excluding hydrogens is 214 g/mol. The number of nitrogens with zero attached hydrogens (tertiary/aromatic N) is 4. The summed E-state index contributed by atoms with van der Waals surface area (Å²) in [4.78, 5) is 2.14.